The van der Waals surface area contributed by atoms with Crippen molar-refractivity contribution < 1.29 is 9.84 Å². The molecule has 2 rings (SSSR count). The van der Waals surface area contributed by atoms with Gasteiger partial charge in [0.2, 0.25) is 0 Å². The molecule has 4 nitrogen and oxygen atoms in total. The van der Waals surface area contributed by atoms with Crippen LogP contribution in [0, 0.1) is 20.8 Å². The van der Waals surface area contributed by atoms with E-state index in [4.69, 9.17) is 4.74 Å². The fourth-order valence-electron chi connectivity index (χ4n) is 2.98. The second-order valence-corrected chi connectivity index (χ2v) is 6.40. The van der Waals surface area contributed by atoms with Gasteiger partial charge < -0.3 is 14.7 Å². The van der Waals surface area contributed by atoms with E-state index < -0.39 is 6.10 Å². The zero-order chi connectivity index (χ0) is 16.1. The molecule has 124 valence electrons. The molecule has 0 spiro atoms. The summed E-state index contributed by atoms with van der Waals surface area (Å²) in [6.45, 7) is 14.9. The summed E-state index contributed by atoms with van der Waals surface area (Å²) in [5.74, 6) is 0.896. The molecule has 1 saturated heterocycles. The highest BCUT2D eigenvalue weighted by Crippen LogP contribution is 2.23. The van der Waals surface area contributed by atoms with Crippen molar-refractivity contribution in [2.45, 2.75) is 33.8 Å². The molecule has 0 saturated carbocycles. The van der Waals surface area contributed by atoms with Gasteiger partial charge in [-0.1, -0.05) is 13.0 Å². The standard InChI is InChI=1S/C18H30N2O2/c1-5-19-6-8-20(9-7-19)12-17(21)13-22-18-11-14(2)10-15(3)16(18)4/h10-11,17,21H,5-9,12-13H2,1-4H3. The van der Waals surface area contributed by atoms with Crippen LogP contribution in [0.25, 0.3) is 0 Å². The maximum absolute atomic E-state index is 10.2. The van der Waals surface area contributed by atoms with E-state index in [2.05, 4.69) is 49.6 Å². The molecule has 22 heavy (non-hydrogen) atoms. The van der Waals surface area contributed by atoms with Crippen LogP contribution in [0.15, 0.2) is 12.1 Å². The van der Waals surface area contributed by atoms with Crippen molar-refractivity contribution in [3.8, 4) is 5.75 Å². The molecule has 1 fully saturated rings. The van der Waals surface area contributed by atoms with E-state index >= 15 is 0 Å². The lowest BCUT2D eigenvalue weighted by Gasteiger charge is -2.34. The van der Waals surface area contributed by atoms with E-state index in [9.17, 15) is 5.11 Å². The van der Waals surface area contributed by atoms with Crippen LogP contribution in [0.1, 0.15) is 23.6 Å². The minimum absolute atomic E-state index is 0.359. The molecular weight excluding hydrogens is 276 g/mol. The highest BCUT2D eigenvalue weighted by atomic mass is 16.5. The quantitative estimate of drug-likeness (QED) is 0.872. The number of likely N-dealkylation sites (N-methyl/N-ethyl adjacent to an activating group) is 1. The van der Waals surface area contributed by atoms with Crippen LogP contribution in [0.2, 0.25) is 0 Å². The molecule has 1 aliphatic rings. The number of nitrogens with zero attached hydrogens (tertiary/aromatic N) is 2. The lowest BCUT2D eigenvalue weighted by molar-refractivity contribution is 0.0469. The fourth-order valence-corrected chi connectivity index (χ4v) is 2.98. The first-order valence-electron chi connectivity index (χ1n) is 8.33. The van der Waals surface area contributed by atoms with E-state index in [1.165, 1.54) is 11.1 Å². The third-order valence-electron chi connectivity index (χ3n) is 4.58. The number of hydrogen-bond acceptors (Lipinski definition) is 4. The Morgan fingerprint density at radius 1 is 1.09 bits per heavy atom. The Balaban J connectivity index is 1.80. The van der Waals surface area contributed by atoms with Gasteiger partial charge in [0.1, 0.15) is 18.5 Å². The van der Waals surface area contributed by atoms with Crippen LogP contribution in [-0.2, 0) is 0 Å². The van der Waals surface area contributed by atoms with Crippen LogP contribution >= 0.6 is 0 Å². The topological polar surface area (TPSA) is 35.9 Å². The van der Waals surface area contributed by atoms with Gasteiger partial charge in [0.05, 0.1) is 0 Å². The van der Waals surface area contributed by atoms with Gasteiger partial charge in [-0.25, -0.2) is 0 Å². The Kier molecular flexibility index (Phi) is 6.24. The summed E-state index contributed by atoms with van der Waals surface area (Å²) in [7, 11) is 0. The highest BCUT2D eigenvalue weighted by Gasteiger charge is 2.18. The van der Waals surface area contributed by atoms with E-state index in [0.717, 1.165) is 44.0 Å². The average Bonchev–Trinajstić information content (AvgIpc) is 2.50. The van der Waals surface area contributed by atoms with E-state index in [0.29, 0.717) is 13.2 Å². The molecule has 0 aliphatic carbocycles. The Hall–Kier alpha value is -1.10. The van der Waals surface area contributed by atoms with Gasteiger partial charge >= 0.3 is 0 Å². The highest BCUT2D eigenvalue weighted by molar-refractivity contribution is 5.41. The van der Waals surface area contributed by atoms with Crippen LogP contribution in [0.4, 0.5) is 0 Å². The summed E-state index contributed by atoms with van der Waals surface area (Å²) < 4.78 is 5.86. The predicted molar refractivity (Wildman–Crippen MR) is 90.7 cm³/mol. The first-order valence-corrected chi connectivity index (χ1v) is 8.33. The van der Waals surface area contributed by atoms with Gasteiger partial charge in [-0.2, -0.15) is 0 Å². The number of β-amino-alcohol motifs (C(OH)–C–C–N with tert-alkyl or cyclic N) is 1. The number of benzene rings is 1. The molecule has 0 amide bonds. The van der Waals surface area contributed by atoms with Crippen molar-refractivity contribution in [1.29, 1.82) is 0 Å². The molecule has 0 bridgehead atoms. The maximum atomic E-state index is 10.2. The second-order valence-electron chi connectivity index (χ2n) is 6.40. The van der Waals surface area contributed by atoms with Gasteiger partial charge in [0.15, 0.2) is 0 Å². The second kappa shape index (κ2) is 7.95. The summed E-state index contributed by atoms with van der Waals surface area (Å²) in [4.78, 5) is 4.77. The maximum Gasteiger partial charge on any atom is 0.122 e. The minimum atomic E-state index is -0.437. The summed E-state index contributed by atoms with van der Waals surface area (Å²) in [5.41, 5.74) is 3.60. The summed E-state index contributed by atoms with van der Waals surface area (Å²) >= 11 is 0. The largest absolute Gasteiger partial charge is 0.491 e. The van der Waals surface area contributed by atoms with Crippen molar-refractivity contribution in [2.24, 2.45) is 0 Å². The molecule has 1 aromatic rings. The Morgan fingerprint density at radius 3 is 2.36 bits per heavy atom. The van der Waals surface area contributed by atoms with E-state index in [1.807, 2.05) is 0 Å². The van der Waals surface area contributed by atoms with E-state index in [-0.39, 0.29) is 0 Å². The van der Waals surface area contributed by atoms with Gasteiger partial charge in [-0.15, -0.1) is 0 Å². The average molecular weight is 306 g/mol. The number of ether oxygens (including phenoxy) is 1. The fraction of sp³-hybridized carbons (Fsp3) is 0.667. The van der Waals surface area contributed by atoms with Crippen molar-refractivity contribution in [2.75, 3.05) is 45.9 Å². The van der Waals surface area contributed by atoms with E-state index in [1.54, 1.807) is 0 Å². The lowest BCUT2D eigenvalue weighted by atomic mass is 10.1. The van der Waals surface area contributed by atoms with Gasteiger partial charge in [-0.05, 0) is 50.1 Å². The minimum Gasteiger partial charge on any atom is -0.491 e. The number of aliphatic hydroxyl groups excluding tert-OH is 1. The monoisotopic (exact) mass is 306 g/mol. The number of aryl methyl sites for hydroxylation is 2. The van der Waals surface area contributed by atoms with Crippen LogP contribution < -0.4 is 4.74 Å². The van der Waals surface area contributed by atoms with Crippen molar-refractivity contribution >= 4 is 0 Å². The normalized spacial score (nSPS) is 18.4. The molecule has 1 aromatic carbocycles. The molecular formula is C18H30N2O2. The molecule has 1 aliphatic heterocycles. The number of rotatable bonds is 6. The molecule has 1 unspecified atom stereocenters. The zero-order valence-corrected chi connectivity index (χ0v) is 14.4. The van der Waals surface area contributed by atoms with Crippen LogP contribution in [-0.4, -0.2) is 66.9 Å². The molecule has 0 aromatic heterocycles. The van der Waals surface area contributed by atoms with Crippen molar-refractivity contribution in [3.63, 3.8) is 0 Å². The number of aliphatic hydroxyl groups is 1. The van der Waals surface area contributed by atoms with Crippen molar-refractivity contribution in [3.05, 3.63) is 28.8 Å². The van der Waals surface area contributed by atoms with Gasteiger partial charge in [-0.3, -0.25) is 4.90 Å². The molecule has 1 heterocycles. The van der Waals surface area contributed by atoms with Crippen LogP contribution in [0.3, 0.4) is 0 Å². The zero-order valence-electron chi connectivity index (χ0n) is 14.4. The van der Waals surface area contributed by atoms with Gasteiger partial charge in [0, 0.05) is 32.7 Å². The first kappa shape index (κ1) is 17.3. The lowest BCUT2D eigenvalue weighted by Crippen LogP contribution is -2.49. The number of hydrogen-bond donors (Lipinski definition) is 1. The Bertz CT molecular complexity index is 482. The molecule has 0 radical (unpaired) electrons. The number of piperazine rings is 1. The Labute approximate surface area is 134 Å². The predicted octanol–water partition coefficient (Wildman–Crippen LogP) is 1.99. The smallest absolute Gasteiger partial charge is 0.122 e. The molecule has 4 heteroatoms. The molecule has 1 atom stereocenters. The summed E-state index contributed by atoms with van der Waals surface area (Å²) in [6.07, 6.45) is -0.437. The summed E-state index contributed by atoms with van der Waals surface area (Å²) in [5, 5.41) is 10.2. The third kappa shape index (κ3) is 4.70. The first-order chi connectivity index (χ1) is 10.5. The SMILES string of the molecule is CCN1CCN(CC(O)COc2cc(C)cc(C)c2C)CC1. The molecule has 1 N–H and O–H groups in total. The van der Waals surface area contributed by atoms with Gasteiger partial charge in [0.25, 0.3) is 0 Å². The summed E-state index contributed by atoms with van der Waals surface area (Å²) in [6, 6.07) is 4.21. The third-order valence-corrected chi connectivity index (χ3v) is 4.58. The Morgan fingerprint density at radius 2 is 1.73 bits per heavy atom. The van der Waals surface area contributed by atoms with Crippen molar-refractivity contribution in [1.82, 2.24) is 9.80 Å². The van der Waals surface area contributed by atoms with Crippen LogP contribution in [0.5, 0.6) is 5.75 Å².